The van der Waals surface area contributed by atoms with Crippen molar-refractivity contribution in [2.45, 2.75) is 34.2 Å². The van der Waals surface area contributed by atoms with Gasteiger partial charge in [0.2, 0.25) is 0 Å². The second-order valence-electron chi connectivity index (χ2n) is 8.21. The van der Waals surface area contributed by atoms with Gasteiger partial charge in [0.25, 0.3) is 0 Å². The minimum Gasteiger partial charge on any atom is -0.165 e. The monoisotopic (exact) mass is 568 g/mol. The molecule has 0 atom stereocenters. The van der Waals surface area contributed by atoms with E-state index in [9.17, 15) is 0 Å². The zero-order valence-corrected chi connectivity index (χ0v) is 25.1. The largest absolute Gasteiger partial charge is 0.165 e. The summed E-state index contributed by atoms with van der Waals surface area (Å²) in [6.45, 7) is 10.9. The number of fused-ring (bicyclic) bond motifs is 2. The summed E-state index contributed by atoms with van der Waals surface area (Å²) in [5.74, 6) is 0. The zero-order chi connectivity index (χ0) is 22.4. The molecule has 0 unspecified atom stereocenters. The Labute approximate surface area is 226 Å². The van der Waals surface area contributed by atoms with E-state index in [0.717, 1.165) is 0 Å². The fourth-order valence-electron chi connectivity index (χ4n) is 3.77. The second-order valence-corrected chi connectivity index (χ2v) is 15.6. The van der Waals surface area contributed by atoms with E-state index in [1.165, 1.54) is 43.8 Å². The van der Waals surface area contributed by atoms with Crippen LogP contribution in [0.5, 0.6) is 0 Å². The number of rotatable bonds is 1. The van der Waals surface area contributed by atoms with Crippen LogP contribution in [0.3, 0.4) is 0 Å². The van der Waals surface area contributed by atoms with Gasteiger partial charge >= 0.3 is 70.8 Å². The van der Waals surface area contributed by atoms with Crippen molar-refractivity contribution in [1.29, 1.82) is 0 Å². The second kappa shape index (κ2) is 14.1. The third kappa shape index (κ3) is 8.37. The molecule has 0 amide bonds. The Morgan fingerprint density at radius 2 is 1.03 bits per heavy atom. The van der Waals surface area contributed by atoms with Gasteiger partial charge in [-0.15, -0.1) is 93.9 Å². The van der Waals surface area contributed by atoms with Gasteiger partial charge in [-0.3, -0.25) is 0 Å². The van der Waals surface area contributed by atoms with Gasteiger partial charge < -0.3 is 0 Å². The molecule has 4 heteroatoms. The van der Waals surface area contributed by atoms with E-state index < -0.39 is 0 Å². The van der Waals surface area contributed by atoms with Gasteiger partial charge in [-0.05, 0) is 13.8 Å². The average Bonchev–Trinajstić information content (AvgIpc) is 3.33. The van der Waals surface area contributed by atoms with Crippen LogP contribution in [0.4, 0.5) is 0 Å². The predicted octanol–water partition coefficient (Wildman–Crippen LogP) is 8.26. The number of aryl methyl sites for hydroxylation is 4. The van der Waals surface area contributed by atoms with Gasteiger partial charge in [-0.1, -0.05) is 37.1 Å². The number of hydrogen-bond donors (Lipinski definition) is 0. The molecule has 0 saturated heterocycles. The smallest absolute Gasteiger partial charge is 0.0488 e. The molecule has 5 aromatic rings. The number of hydrogen-bond acceptors (Lipinski definition) is 0. The summed E-state index contributed by atoms with van der Waals surface area (Å²) in [6.07, 6.45) is 0. The van der Waals surface area contributed by atoms with Crippen molar-refractivity contribution in [3.8, 4) is 0 Å². The molecular formula is C29H32Cl2SiZr. The Hall–Kier alpha value is -1.44. The van der Waals surface area contributed by atoms with Crippen LogP contribution in [0.25, 0.3) is 21.5 Å². The third-order valence-electron chi connectivity index (χ3n) is 5.43. The maximum Gasteiger partial charge on any atom is -0.0488 e. The minimum absolute atomic E-state index is 0. The Morgan fingerprint density at radius 3 is 1.36 bits per heavy atom. The molecule has 0 saturated carbocycles. The van der Waals surface area contributed by atoms with Crippen molar-refractivity contribution in [1.82, 2.24) is 0 Å². The molecule has 0 aromatic heterocycles. The Bertz CT molecular complexity index is 1220. The van der Waals surface area contributed by atoms with Crippen LogP contribution < -0.4 is 5.19 Å². The first-order valence-electron chi connectivity index (χ1n) is 10.7. The molecular weight excluding hydrogens is 539 g/mol. The van der Waals surface area contributed by atoms with Crippen LogP contribution in [-0.2, 0) is 23.3 Å². The Balaban J connectivity index is 0.000000242. The molecule has 0 aliphatic carbocycles. The van der Waals surface area contributed by atoms with E-state index in [-0.39, 0.29) is 30.2 Å². The summed E-state index contributed by atoms with van der Waals surface area (Å²) in [4.78, 5) is 0. The van der Waals surface area contributed by atoms with Crippen LogP contribution in [0.1, 0.15) is 22.3 Å². The van der Waals surface area contributed by atoms with E-state index in [0.29, 0.717) is 0 Å². The van der Waals surface area contributed by atoms with Crippen LogP contribution in [-0.4, -0.2) is 5.43 Å². The van der Waals surface area contributed by atoms with Crippen molar-refractivity contribution >= 4 is 57.0 Å². The van der Waals surface area contributed by atoms with Gasteiger partial charge in [-0.25, -0.2) is 0 Å². The molecule has 0 N–H and O–H groups in total. The van der Waals surface area contributed by atoms with Crippen molar-refractivity contribution < 1.29 is 23.3 Å². The molecule has 0 spiro atoms. The van der Waals surface area contributed by atoms with Crippen LogP contribution in [0.2, 0.25) is 6.55 Å². The van der Waals surface area contributed by atoms with Crippen molar-refractivity contribution in [2.75, 3.05) is 0 Å². The first-order chi connectivity index (χ1) is 14.8. The fraction of sp³-hybridized carbons (Fsp3) is 0.172. The molecule has 0 aliphatic rings. The van der Waals surface area contributed by atoms with Gasteiger partial charge in [0.1, 0.15) is 0 Å². The van der Waals surface area contributed by atoms with Gasteiger partial charge in [0.05, 0.1) is 0 Å². The van der Waals surface area contributed by atoms with Crippen molar-refractivity contribution in [3.05, 3.63) is 113 Å². The quantitative estimate of drug-likeness (QED) is 0.141. The van der Waals surface area contributed by atoms with E-state index in [1.54, 1.807) is 28.5 Å². The molecule has 5 aromatic carbocycles. The normalized spacial score (nSPS) is 9.67. The molecule has 5 rings (SSSR count). The minimum atomic E-state index is -0.122. The van der Waals surface area contributed by atoms with E-state index >= 15 is 0 Å². The van der Waals surface area contributed by atoms with Gasteiger partial charge in [0, 0.05) is 0 Å². The summed E-state index contributed by atoms with van der Waals surface area (Å²) < 4.78 is 0. The molecule has 33 heavy (non-hydrogen) atoms. The van der Waals surface area contributed by atoms with Gasteiger partial charge in [-0.2, -0.15) is 12.1 Å². The first kappa shape index (κ1) is 29.6. The molecule has 0 fully saturated rings. The Morgan fingerprint density at radius 1 is 0.606 bits per heavy atom. The SMILES string of the molecule is C[Si](=[Zr+2])c1ccccc1.Cc1cc2c(C)cccc2[cH-]1.Cc1cc2c(C)cccc2[cH-]1.Cl.Cl. The van der Waals surface area contributed by atoms with Crippen molar-refractivity contribution in [2.24, 2.45) is 0 Å². The number of benzene rings is 3. The molecule has 0 radical (unpaired) electrons. The topological polar surface area (TPSA) is 0 Å². The summed E-state index contributed by atoms with van der Waals surface area (Å²) in [5, 5.41) is 7.07. The summed E-state index contributed by atoms with van der Waals surface area (Å²) in [7, 11) is 0. The molecule has 170 valence electrons. The average molecular weight is 571 g/mol. The molecule has 0 nitrogen and oxygen atoms in total. The number of halogens is 2. The summed E-state index contributed by atoms with van der Waals surface area (Å²) in [6, 6.07) is 32.5. The third-order valence-corrected chi connectivity index (χ3v) is 8.76. The van der Waals surface area contributed by atoms with E-state index in [1.807, 2.05) is 0 Å². The first-order valence-corrected chi connectivity index (χ1v) is 16.4. The van der Waals surface area contributed by atoms with Crippen LogP contribution in [0, 0.1) is 27.7 Å². The standard InChI is InChI=1S/2C11H11.C7H8Si.2ClH.Zr/c2*1-8-6-10-5-3-4-9(2)11(10)7-8;1-8-7-5-3-2-4-6-7;;;/h2*3-7H,1-2H3;2-6H,1H3;2*1H;/q2*-1;;;;+2. The Kier molecular flexibility index (Phi) is 12.6. The molecule has 0 bridgehead atoms. The molecule has 0 heterocycles. The van der Waals surface area contributed by atoms with E-state index in [2.05, 4.69) is 125 Å². The summed E-state index contributed by atoms with van der Waals surface area (Å²) in [5.41, 5.74) is 5.33. The van der Waals surface area contributed by atoms with Crippen LogP contribution >= 0.6 is 24.8 Å². The predicted molar refractivity (Wildman–Crippen MR) is 150 cm³/mol. The maximum atomic E-state index is 2.35. The van der Waals surface area contributed by atoms with E-state index in [4.69, 9.17) is 0 Å². The fourth-order valence-corrected chi connectivity index (χ4v) is 5.69. The molecule has 0 aliphatic heterocycles. The van der Waals surface area contributed by atoms with Gasteiger partial charge in [0.15, 0.2) is 0 Å². The van der Waals surface area contributed by atoms with Crippen molar-refractivity contribution in [3.63, 3.8) is 0 Å². The summed E-state index contributed by atoms with van der Waals surface area (Å²) >= 11 is 1.69. The van der Waals surface area contributed by atoms with Crippen LogP contribution in [0.15, 0.2) is 91.0 Å². The maximum absolute atomic E-state index is 2.35. The zero-order valence-electron chi connectivity index (χ0n) is 20.0.